The summed E-state index contributed by atoms with van der Waals surface area (Å²) >= 11 is 0. The van der Waals surface area contributed by atoms with E-state index in [9.17, 15) is 0 Å². The lowest BCUT2D eigenvalue weighted by Gasteiger charge is -2.24. The van der Waals surface area contributed by atoms with Gasteiger partial charge in [0.15, 0.2) is 0 Å². The first-order valence-corrected chi connectivity index (χ1v) is 6.90. The number of nitrogens with one attached hydrogen (secondary N) is 2. The molecule has 21 heavy (non-hydrogen) atoms. The van der Waals surface area contributed by atoms with Crippen LogP contribution in [0.15, 0.2) is 41.4 Å². The van der Waals surface area contributed by atoms with Gasteiger partial charge in [-0.05, 0) is 55.3 Å². The van der Waals surface area contributed by atoms with Gasteiger partial charge in [0.25, 0.3) is 0 Å². The third-order valence-electron chi connectivity index (χ3n) is 3.74. The summed E-state index contributed by atoms with van der Waals surface area (Å²) in [5.41, 5.74) is 6.60. The van der Waals surface area contributed by atoms with E-state index in [2.05, 4.69) is 47.5 Å². The second-order valence-corrected chi connectivity index (χ2v) is 5.22. The quantitative estimate of drug-likeness (QED) is 0.817. The summed E-state index contributed by atoms with van der Waals surface area (Å²) in [6.07, 6.45) is 7.08. The SMILES string of the molecule is C#Cc1cccc(NC2N=CNc3cc(C)c(C)cc32)c1. The predicted molar refractivity (Wildman–Crippen MR) is 88.8 cm³/mol. The topological polar surface area (TPSA) is 36.4 Å². The molecule has 2 N–H and O–H groups in total. The summed E-state index contributed by atoms with van der Waals surface area (Å²) in [4.78, 5) is 4.49. The summed E-state index contributed by atoms with van der Waals surface area (Å²) in [5.74, 6) is 2.65. The highest BCUT2D eigenvalue weighted by atomic mass is 15.1. The highest BCUT2D eigenvalue weighted by molar-refractivity contribution is 5.81. The molecule has 3 heteroatoms. The van der Waals surface area contributed by atoms with Crippen molar-refractivity contribution in [1.82, 2.24) is 0 Å². The molecule has 2 aromatic carbocycles. The van der Waals surface area contributed by atoms with Gasteiger partial charge in [0.1, 0.15) is 6.17 Å². The van der Waals surface area contributed by atoms with Crippen molar-refractivity contribution >= 4 is 17.7 Å². The van der Waals surface area contributed by atoms with E-state index in [1.807, 2.05) is 24.3 Å². The number of terminal acetylenes is 1. The molecule has 0 spiro atoms. The van der Waals surface area contributed by atoms with Gasteiger partial charge in [-0.3, -0.25) is 0 Å². The van der Waals surface area contributed by atoms with Crippen LogP contribution in [0.25, 0.3) is 0 Å². The molecule has 2 aromatic rings. The van der Waals surface area contributed by atoms with E-state index >= 15 is 0 Å². The van der Waals surface area contributed by atoms with Crippen LogP contribution >= 0.6 is 0 Å². The zero-order valence-electron chi connectivity index (χ0n) is 12.1. The maximum Gasteiger partial charge on any atom is 0.148 e. The van der Waals surface area contributed by atoms with Crippen LogP contribution in [-0.2, 0) is 0 Å². The van der Waals surface area contributed by atoms with Crippen LogP contribution in [0.3, 0.4) is 0 Å². The van der Waals surface area contributed by atoms with Gasteiger partial charge in [0.2, 0.25) is 0 Å². The fourth-order valence-corrected chi connectivity index (χ4v) is 2.42. The lowest BCUT2D eigenvalue weighted by molar-refractivity contribution is 0.833. The Bertz CT molecular complexity index is 754. The Labute approximate surface area is 125 Å². The third kappa shape index (κ3) is 2.61. The average molecular weight is 275 g/mol. The van der Waals surface area contributed by atoms with E-state index in [1.54, 1.807) is 6.34 Å². The van der Waals surface area contributed by atoms with Crippen LogP contribution < -0.4 is 10.6 Å². The Hall–Kier alpha value is -2.73. The first-order chi connectivity index (χ1) is 10.2. The maximum atomic E-state index is 5.45. The van der Waals surface area contributed by atoms with Crippen LogP contribution in [0.1, 0.15) is 28.4 Å². The number of benzene rings is 2. The Balaban J connectivity index is 1.94. The molecule has 0 bridgehead atoms. The number of rotatable bonds is 2. The van der Waals surface area contributed by atoms with Crippen LogP contribution in [0, 0.1) is 26.2 Å². The number of aryl methyl sites for hydroxylation is 2. The monoisotopic (exact) mass is 275 g/mol. The van der Waals surface area contributed by atoms with Gasteiger partial charge in [-0.15, -0.1) is 6.42 Å². The minimum Gasteiger partial charge on any atom is -0.360 e. The van der Waals surface area contributed by atoms with Gasteiger partial charge in [-0.1, -0.05) is 12.0 Å². The lowest BCUT2D eigenvalue weighted by atomic mass is 10.0. The predicted octanol–water partition coefficient (Wildman–Crippen LogP) is 3.85. The van der Waals surface area contributed by atoms with Crippen molar-refractivity contribution in [2.24, 2.45) is 4.99 Å². The molecule has 0 aliphatic carbocycles. The van der Waals surface area contributed by atoms with Crippen molar-refractivity contribution in [2.75, 3.05) is 10.6 Å². The van der Waals surface area contributed by atoms with Gasteiger partial charge in [-0.25, -0.2) is 4.99 Å². The van der Waals surface area contributed by atoms with Crippen molar-refractivity contribution < 1.29 is 0 Å². The van der Waals surface area contributed by atoms with E-state index in [0.29, 0.717) is 0 Å². The first kappa shape index (κ1) is 13.3. The smallest absolute Gasteiger partial charge is 0.148 e. The molecular formula is C18H17N3. The Morgan fingerprint density at radius 3 is 2.81 bits per heavy atom. The summed E-state index contributed by atoms with van der Waals surface area (Å²) in [6, 6.07) is 12.2. The highest BCUT2D eigenvalue weighted by Crippen LogP contribution is 2.32. The molecule has 104 valence electrons. The number of fused-ring (bicyclic) bond motifs is 1. The first-order valence-electron chi connectivity index (χ1n) is 6.90. The summed E-state index contributed by atoms with van der Waals surface area (Å²) in [7, 11) is 0. The molecule has 3 rings (SSSR count). The lowest BCUT2D eigenvalue weighted by Crippen LogP contribution is -2.17. The second kappa shape index (κ2) is 5.34. The largest absolute Gasteiger partial charge is 0.360 e. The van der Waals surface area contributed by atoms with Gasteiger partial charge in [0, 0.05) is 22.5 Å². The van der Waals surface area contributed by atoms with Crippen molar-refractivity contribution in [2.45, 2.75) is 20.0 Å². The number of nitrogens with zero attached hydrogens (tertiary/aromatic N) is 1. The molecule has 0 saturated heterocycles. The van der Waals surface area contributed by atoms with Gasteiger partial charge in [-0.2, -0.15) is 0 Å². The van der Waals surface area contributed by atoms with E-state index < -0.39 is 0 Å². The summed E-state index contributed by atoms with van der Waals surface area (Å²) < 4.78 is 0. The van der Waals surface area contributed by atoms with Crippen LogP contribution in [0.2, 0.25) is 0 Å². The van der Waals surface area contributed by atoms with Crippen LogP contribution in [-0.4, -0.2) is 6.34 Å². The molecule has 0 aromatic heterocycles. The molecule has 1 aliphatic rings. The molecule has 1 aliphatic heterocycles. The molecule has 1 atom stereocenters. The van der Waals surface area contributed by atoms with Crippen molar-refractivity contribution in [1.29, 1.82) is 0 Å². The van der Waals surface area contributed by atoms with E-state index in [-0.39, 0.29) is 6.17 Å². The summed E-state index contributed by atoms with van der Waals surface area (Å²) in [5, 5.41) is 6.63. The Kier molecular flexibility index (Phi) is 3.37. The third-order valence-corrected chi connectivity index (χ3v) is 3.74. The van der Waals surface area contributed by atoms with Gasteiger partial charge < -0.3 is 10.6 Å². The Morgan fingerprint density at radius 1 is 1.19 bits per heavy atom. The normalized spacial score (nSPS) is 15.8. The van der Waals surface area contributed by atoms with Crippen LogP contribution in [0.4, 0.5) is 11.4 Å². The van der Waals surface area contributed by atoms with E-state index in [0.717, 1.165) is 22.5 Å². The van der Waals surface area contributed by atoms with Crippen LogP contribution in [0.5, 0.6) is 0 Å². The van der Waals surface area contributed by atoms with E-state index in [1.165, 1.54) is 11.1 Å². The van der Waals surface area contributed by atoms with E-state index in [4.69, 9.17) is 6.42 Å². The van der Waals surface area contributed by atoms with Crippen molar-refractivity contribution in [3.63, 3.8) is 0 Å². The molecule has 1 heterocycles. The molecule has 3 nitrogen and oxygen atoms in total. The fourth-order valence-electron chi connectivity index (χ4n) is 2.42. The number of anilines is 2. The summed E-state index contributed by atoms with van der Waals surface area (Å²) in [6.45, 7) is 4.23. The maximum absolute atomic E-state index is 5.45. The number of aliphatic imine (C=N–C) groups is 1. The van der Waals surface area contributed by atoms with Gasteiger partial charge in [0.05, 0.1) is 6.34 Å². The molecule has 0 amide bonds. The zero-order valence-corrected chi connectivity index (χ0v) is 12.1. The van der Waals surface area contributed by atoms with Crippen molar-refractivity contribution in [3.8, 4) is 12.3 Å². The average Bonchev–Trinajstić information content (AvgIpc) is 2.49. The number of hydrogen-bond acceptors (Lipinski definition) is 3. The highest BCUT2D eigenvalue weighted by Gasteiger charge is 2.18. The zero-order chi connectivity index (χ0) is 14.8. The second-order valence-electron chi connectivity index (χ2n) is 5.22. The molecular weight excluding hydrogens is 258 g/mol. The number of hydrogen-bond donors (Lipinski definition) is 2. The minimum atomic E-state index is -0.103. The van der Waals surface area contributed by atoms with Gasteiger partial charge >= 0.3 is 0 Å². The molecule has 0 saturated carbocycles. The Morgan fingerprint density at radius 2 is 2.00 bits per heavy atom. The fraction of sp³-hybridized carbons (Fsp3) is 0.167. The van der Waals surface area contributed by atoms with Crippen molar-refractivity contribution in [3.05, 3.63) is 58.7 Å². The molecule has 0 radical (unpaired) electrons. The molecule has 0 fully saturated rings. The molecule has 1 unspecified atom stereocenters. The minimum absolute atomic E-state index is 0.103. The standard InChI is InChI=1S/C18H17N3/c1-4-14-6-5-7-15(10-14)21-18-16-8-12(2)13(3)9-17(16)19-11-20-18/h1,5-11,18,21H,2-3H3,(H,19,20).